The summed E-state index contributed by atoms with van der Waals surface area (Å²) in [6.07, 6.45) is 2.29. The second-order valence-corrected chi connectivity index (χ2v) is 5.74. The maximum Gasteiger partial charge on any atom is 0.231 e. The van der Waals surface area contributed by atoms with E-state index in [2.05, 4.69) is 17.4 Å². The summed E-state index contributed by atoms with van der Waals surface area (Å²) < 4.78 is 10.8. The van der Waals surface area contributed by atoms with Gasteiger partial charge in [0.15, 0.2) is 17.3 Å². The summed E-state index contributed by atoms with van der Waals surface area (Å²) in [5, 5.41) is 3.51. The largest absolute Gasteiger partial charge is 0.454 e. The molecule has 2 heterocycles. The van der Waals surface area contributed by atoms with Gasteiger partial charge >= 0.3 is 0 Å². The maximum atomic E-state index is 12.4. The molecule has 4 nitrogen and oxygen atoms in total. The fourth-order valence-corrected chi connectivity index (χ4v) is 3.08. The minimum absolute atomic E-state index is 0.163. The van der Waals surface area contributed by atoms with Crippen molar-refractivity contribution < 1.29 is 14.3 Å². The molecular weight excluding hydrogens is 278 g/mol. The molecule has 0 saturated carbocycles. The van der Waals surface area contributed by atoms with Gasteiger partial charge in [-0.1, -0.05) is 30.3 Å². The number of ketones is 1. The van der Waals surface area contributed by atoms with Gasteiger partial charge in [-0.2, -0.15) is 0 Å². The topological polar surface area (TPSA) is 47.6 Å². The van der Waals surface area contributed by atoms with Gasteiger partial charge in [0.05, 0.1) is 0 Å². The minimum Gasteiger partial charge on any atom is -0.454 e. The SMILES string of the molecule is O=C1CC[C@@H](Cc2ccccc2)Nc2cc3c(cc21)OCO3. The summed E-state index contributed by atoms with van der Waals surface area (Å²) in [7, 11) is 0. The maximum absolute atomic E-state index is 12.4. The Labute approximate surface area is 129 Å². The van der Waals surface area contributed by atoms with Crippen molar-refractivity contribution in [3.8, 4) is 11.5 Å². The summed E-state index contributed by atoms with van der Waals surface area (Å²) >= 11 is 0. The van der Waals surface area contributed by atoms with Crippen molar-refractivity contribution in [1.82, 2.24) is 0 Å². The predicted molar refractivity (Wildman–Crippen MR) is 83.7 cm³/mol. The first-order valence-corrected chi connectivity index (χ1v) is 7.57. The quantitative estimate of drug-likeness (QED) is 0.922. The van der Waals surface area contributed by atoms with Gasteiger partial charge in [0.2, 0.25) is 6.79 Å². The average molecular weight is 295 g/mol. The van der Waals surface area contributed by atoms with Gasteiger partial charge in [-0.15, -0.1) is 0 Å². The molecule has 0 spiro atoms. The third-order valence-electron chi connectivity index (χ3n) is 4.22. The van der Waals surface area contributed by atoms with Crippen LogP contribution in [0.2, 0.25) is 0 Å². The van der Waals surface area contributed by atoms with E-state index in [1.807, 2.05) is 24.3 Å². The van der Waals surface area contributed by atoms with Crippen LogP contribution in [-0.2, 0) is 6.42 Å². The van der Waals surface area contributed by atoms with Crippen LogP contribution < -0.4 is 14.8 Å². The molecule has 4 rings (SSSR count). The van der Waals surface area contributed by atoms with Crippen LogP contribution in [0, 0.1) is 0 Å². The van der Waals surface area contributed by atoms with Crippen molar-refractivity contribution in [1.29, 1.82) is 0 Å². The van der Waals surface area contributed by atoms with Crippen molar-refractivity contribution in [2.75, 3.05) is 12.1 Å². The third-order valence-corrected chi connectivity index (χ3v) is 4.22. The molecule has 2 aromatic rings. The molecule has 4 heteroatoms. The van der Waals surface area contributed by atoms with Crippen LogP contribution in [0.3, 0.4) is 0 Å². The number of carbonyl (C=O) groups is 1. The van der Waals surface area contributed by atoms with Crippen LogP contribution in [0.1, 0.15) is 28.8 Å². The molecule has 0 radical (unpaired) electrons. The van der Waals surface area contributed by atoms with Gasteiger partial charge < -0.3 is 14.8 Å². The Hall–Kier alpha value is -2.49. The molecule has 1 N–H and O–H groups in total. The first-order valence-electron chi connectivity index (χ1n) is 7.57. The molecule has 2 aromatic carbocycles. The molecule has 0 amide bonds. The molecule has 0 aromatic heterocycles. The summed E-state index contributed by atoms with van der Waals surface area (Å²) in [4.78, 5) is 12.4. The van der Waals surface area contributed by atoms with E-state index >= 15 is 0 Å². The van der Waals surface area contributed by atoms with Crippen molar-refractivity contribution >= 4 is 11.5 Å². The summed E-state index contributed by atoms with van der Waals surface area (Å²) in [5.74, 6) is 1.53. The van der Waals surface area contributed by atoms with E-state index in [-0.39, 0.29) is 18.6 Å². The fraction of sp³-hybridized carbons (Fsp3) is 0.278. The summed E-state index contributed by atoms with van der Waals surface area (Å²) in [6.45, 7) is 0.222. The Kier molecular flexibility index (Phi) is 3.22. The highest BCUT2D eigenvalue weighted by Gasteiger charge is 2.25. The van der Waals surface area contributed by atoms with Crippen molar-refractivity contribution in [2.24, 2.45) is 0 Å². The number of rotatable bonds is 2. The highest BCUT2D eigenvalue weighted by atomic mass is 16.7. The van der Waals surface area contributed by atoms with Crippen LogP contribution in [0.4, 0.5) is 5.69 Å². The van der Waals surface area contributed by atoms with Crippen LogP contribution in [0.25, 0.3) is 0 Å². The molecule has 0 aliphatic carbocycles. The monoisotopic (exact) mass is 295 g/mol. The lowest BCUT2D eigenvalue weighted by Gasteiger charge is -2.18. The molecule has 2 aliphatic heterocycles. The Bertz CT molecular complexity index is 712. The Balaban J connectivity index is 1.63. The zero-order valence-corrected chi connectivity index (χ0v) is 12.2. The second kappa shape index (κ2) is 5.37. The van der Waals surface area contributed by atoms with E-state index in [0.29, 0.717) is 23.5 Å². The lowest BCUT2D eigenvalue weighted by molar-refractivity contribution is 0.0981. The summed E-state index contributed by atoms with van der Waals surface area (Å²) in [6, 6.07) is 14.3. The number of ether oxygens (including phenoxy) is 2. The van der Waals surface area contributed by atoms with E-state index in [1.165, 1.54) is 5.56 Å². The molecule has 1 atom stereocenters. The number of benzene rings is 2. The highest BCUT2D eigenvalue weighted by molar-refractivity contribution is 6.02. The fourth-order valence-electron chi connectivity index (χ4n) is 3.08. The molecule has 0 fully saturated rings. The molecule has 0 unspecified atom stereocenters. The van der Waals surface area contributed by atoms with Gasteiger partial charge in [-0.25, -0.2) is 0 Å². The molecule has 112 valence electrons. The van der Waals surface area contributed by atoms with Crippen molar-refractivity contribution in [3.05, 3.63) is 53.6 Å². The molecule has 0 saturated heterocycles. The van der Waals surface area contributed by atoms with E-state index in [0.717, 1.165) is 18.5 Å². The van der Waals surface area contributed by atoms with Gasteiger partial charge in [0.25, 0.3) is 0 Å². The Morgan fingerprint density at radius 1 is 1.09 bits per heavy atom. The number of fused-ring (bicyclic) bond motifs is 2. The van der Waals surface area contributed by atoms with Crippen LogP contribution in [-0.4, -0.2) is 18.6 Å². The molecular formula is C18H17NO3. The molecule has 0 bridgehead atoms. The minimum atomic E-state index is 0.163. The third kappa shape index (κ3) is 2.41. The van der Waals surface area contributed by atoms with Crippen LogP contribution in [0.15, 0.2) is 42.5 Å². The first kappa shape index (κ1) is 13.2. The van der Waals surface area contributed by atoms with Crippen LogP contribution in [0.5, 0.6) is 11.5 Å². The number of anilines is 1. The van der Waals surface area contributed by atoms with E-state index in [9.17, 15) is 4.79 Å². The first-order chi connectivity index (χ1) is 10.8. The number of carbonyl (C=O) groups excluding carboxylic acids is 1. The van der Waals surface area contributed by atoms with Gasteiger partial charge in [0.1, 0.15) is 0 Å². The van der Waals surface area contributed by atoms with Gasteiger partial charge in [-0.3, -0.25) is 4.79 Å². The number of hydrogen-bond donors (Lipinski definition) is 1. The Morgan fingerprint density at radius 2 is 1.86 bits per heavy atom. The normalized spacial score (nSPS) is 19.3. The predicted octanol–water partition coefficient (Wildman–Crippen LogP) is 3.42. The number of hydrogen-bond acceptors (Lipinski definition) is 4. The van der Waals surface area contributed by atoms with E-state index in [4.69, 9.17) is 9.47 Å². The lowest BCUT2D eigenvalue weighted by atomic mass is 10.0. The molecule has 2 aliphatic rings. The van der Waals surface area contributed by atoms with E-state index in [1.54, 1.807) is 6.07 Å². The molecule has 22 heavy (non-hydrogen) atoms. The second-order valence-electron chi connectivity index (χ2n) is 5.74. The van der Waals surface area contributed by atoms with Gasteiger partial charge in [0, 0.05) is 29.8 Å². The zero-order valence-electron chi connectivity index (χ0n) is 12.2. The zero-order chi connectivity index (χ0) is 14.9. The summed E-state index contributed by atoms with van der Waals surface area (Å²) in [5.41, 5.74) is 2.84. The van der Waals surface area contributed by atoms with E-state index < -0.39 is 0 Å². The number of Topliss-reactive ketones (excluding diaryl/α,β-unsaturated/α-hetero) is 1. The number of nitrogens with one attached hydrogen (secondary N) is 1. The smallest absolute Gasteiger partial charge is 0.231 e. The Morgan fingerprint density at radius 3 is 2.68 bits per heavy atom. The van der Waals surface area contributed by atoms with Crippen molar-refractivity contribution in [2.45, 2.75) is 25.3 Å². The standard InChI is InChI=1S/C18H17NO3/c20-16-7-6-13(8-12-4-2-1-3-5-12)19-15-10-18-17(9-14(15)16)21-11-22-18/h1-5,9-10,13,19H,6-8,11H2/t13-/m0/s1. The highest BCUT2D eigenvalue weighted by Crippen LogP contribution is 2.39. The lowest BCUT2D eigenvalue weighted by Crippen LogP contribution is -2.21. The van der Waals surface area contributed by atoms with Gasteiger partial charge in [-0.05, 0) is 24.5 Å². The van der Waals surface area contributed by atoms with Crippen LogP contribution >= 0.6 is 0 Å². The average Bonchev–Trinajstić information content (AvgIpc) is 2.94. The van der Waals surface area contributed by atoms with Crippen molar-refractivity contribution in [3.63, 3.8) is 0 Å².